The fourth-order valence-electron chi connectivity index (χ4n) is 2.30. The number of hydrogen-bond donors (Lipinski definition) is 3. The zero-order valence-corrected chi connectivity index (χ0v) is 12.9. The first-order valence-electron chi connectivity index (χ1n) is 7.34. The fourth-order valence-corrected chi connectivity index (χ4v) is 2.30. The van der Waals surface area contributed by atoms with Crippen molar-refractivity contribution in [2.24, 2.45) is 11.8 Å². The van der Waals surface area contributed by atoms with Crippen molar-refractivity contribution in [2.45, 2.75) is 33.6 Å². The van der Waals surface area contributed by atoms with Gasteiger partial charge in [-0.25, -0.2) is 9.18 Å². The zero-order valence-electron chi connectivity index (χ0n) is 12.9. The molecule has 0 aliphatic heterocycles. The molecule has 0 spiro atoms. The van der Waals surface area contributed by atoms with E-state index in [0.29, 0.717) is 30.1 Å². The number of hydrogen-bond acceptors (Lipinski definition) is 2. The van der Waals surface area contributed by atoms with Crippen molar-refractivity contribution in [1.82, 2.24) is 5.32 Å². The Bertz CT molecular complexity index is 464. The molecule has 1 aromatic rings. The normalized spacial score (nSPS) is 12.3. The maximum atomic E-state index is 13.4. The van der Waals surface area contributed by atoms with Gasteiger partial charge in [0.2, 0.25) is 0 Å². The van der Waals surface area contributed by atoms with Gasteiger partial charge in [-0.1, -0.05) is 19.9 Å². The van der Waals surface area contributed by atoms with Crippen LogP contribution in [0.4, 0.5) is 14.9 Å². The standard InChI is InChI=1S/C16H25FN2O2/c1-11(2)9-13(7-8-20)10-18-16(21)19-15-6-4-5-14(17)12(15)3/h4-6,11,13,20H,7-10H2,1-3H3,(H2,18,19,21). The smallest absolute Gasteiger partial charge is 0.319 e. The van der Waals surface area contributed by atoms with Gasteiger partial charge in [-0.15, -0.1) is 0 Å². The summed E-state index contributed by atoms with van der Waals surface area (Å²) in [7, 11) is 0. The number of amides is 2. The Morgan fingerprint density at radius 2 is 2.10 bits per heavy atom. The Morgan fingerprint density at radius 1 is 1.38 bits per heavy atom. The lowest BCUT2D eigenvalue weighted by Crippen LogP contribution is -2.34. The van der Waals surface area contributed by atoms with Gasteiger partial charge in [0.15, 0.2) is 0 Å². The van der Waals surface area contributed by atoms with Crippen LogP contribution in [0.15, 0.2) is 18.2 Å². The molecule has 3 N–H and O–H groups in total. The number of rotatable bonds is 7. The molecule has 1 atom stereocenters. The van der Waals surface area contributed by atoms with Gasteiger partial charge in [-0.2, -0.15) is 0 Å². The predicted molar refractivity (Wildman–Crippen MR) is 82.8 cm³/mol. The number of benzene rings is 1. The second-order valence-electron chi connectivity index (χ2n) is 5.76. The molecule has 0 saturated heterocycles. The minimum atomic E-state index is -0.351. The lowest BCUT2D eigenvalue weighted by atomic mass is 9.94. The van der Waals surface area contributed by atoms with Gasteiger partial charge in [0.05, 0.1) is 0 Å². The van der Waals surface area contributed by atoms with Gasteiger partial charge in [0.1, 0.15) is 5.82 Å². The van der Waals surface area contributed by atoms with Crippen LogP contribution in [0.25, 0.3) is 0 Å². The SMILES string of the molecule is Cc1c(F)cccc1NC(=O)NCC(CCO)CC(C)C. The number of carbonyl (C=O) groups excluding carboxylic acids is 1. The molecule has 0 aromatic heterocycles. The summed E-state index contributed by atoms with van der Waals surface area (Å²) in [5.41, 5.74) is 0.886. The summed E-state index contributed by atoms with van der Waals surface area (Å²) in [4.78, 5) is 11.9. The van der Waals surface area contributed by atoms with Crippen LogP contribution in [-0.2, 0) is 0 Å². The molecule has 4 nitrogen and oxygen atoms in total. The molecule has 0 radical (unpaired) electrons. The second-order valence-corrected chi connectivity index (χ2v) is 5.76. The molecular weight excluding hydrogens is 271 g/mol. The van der Waals surface area contributed by atoms with E-state index in [2.05, 4.69) is 24.5 Å². The minimum Gasteiger partial charge on any atom is -0.396 e. The lowest BCUT2D eigenvalue weighted by Gasteiger charge is -2.19. The Hall–Kier alpha value is -1.62. The first kappa shape index (κ1) is 17.4. The van der Waals surface area contributed by atoms with Crippen molar-refractivity contribution in [3.05, 3.63) is 29.6 Å². The number of urea groups is 1. The highest BCUT2D eigenvalue weighted by Gasteiger charge is 2.13. The average Bonchev–Trinajstić information content (AvgIpc) is 2.41. The van der Waals surface area contributed by atoms with E-state index in [4.69, 9.17) is 5.11 Å². The summed E-state index contributed by atoms with van der Waals surface area (Å²) in [5, 5.41) is 14.5. The highest BCUT2D eigenvalue weighted by molar-refractivity contribution is 5.90. The van der Waals surface area contributed by atoms with Crippen LogP contribution in [0.2, 0.25) is 0 Å². The predicted octanol–water partition coefficient (Wildman–Crippen LogP) is 3.30. The van der Waals surface area contributed by atoms with Crippen LogP contribution >= 0.6 is 0 Å². The quantitative estimate of drug-likeness (QED) is 0.723. The molecule has 0 aliphatic rings. The molecule has 1 unspecified atom stereocenters. The molecule has 0 saturated carbocycles. The summed E-state index contributed by atoms with van der Waals surface area (Å²) in [6, 6.07) is 4.23. The molecule has 5 heteroatoms. The molecule has 118 valence electrons. The maximum Gasteiger partial charge on any atom is 0.319 e. The molecule has 0 bridgehead atoms. The van der Waals surface area contributed by atoms with E-state index in [1.165, 1.54) is 6.07 Å². The maximum absolute atomic E-state index is 13.4. The topological polar surface area (TPSA) is 61.4 Å². The third kappa shape index (κ3) is 6.12. The van der Waals surface area contributed by atoms with Gasteiger partial charge >= 0.3 is 6.03 Å². The number of halogens is 1. The van der Waals surface area contributed by atoms with Crippen molar-refractivity contribution in [3.63, 3.8) is 0 Å². The summed E-state index contributed by atoms with van der Waals surface area (Å²) < 4.78 is 13.4. The van der Waals surface area contributed by atoms with Crippen molar-refractivity contribution < 1.29 is 14.3 Å². The van der Waals surface area contributed by atoms with E-state index in [-0.39, 0.29) is 24.4 Å². The van der Waals surface area contributed by atoms with Gasteiger partial charge in [-0.3, -0.25) is 0 Å². The van der Waals surface area contributed by atoms with Crippen molar-refractivity contribution in [1.29, 1.82) is 0 Å². The zero-order chi connectivity index (χ0) is 15.8. The molecule has 1 aromatic carbocycles. The fraction of sp³-hybridized carbons (Fsp3) is 0.562. The van der Waals surface area contributed by atoms with E-state index in [9.17, 15) is 9.18 Å². The van der Waals surface area contributed by atoms with Crippen molar-refractivity contribution >= 4 is 11.7 Å². The molecule has 0 fully saturated rings. The summed E-state index contributed by atoms with van der Waals surface area (Å²) in [5.74, 6) is 0.414. The summed E-state index contributed by atoms with van der Waals surface area (Å²) in [6.45, 7) is 6.46. The van der Waals surface area contributed by atoms with Crippen LogP contribution in [0.1, 0.15) is 32.3 Å². The van der Waals surface area contributed by atoms with Gasteiger partial charge in [0, 0.05) is 24.4 Å². The second kappa shape index (κ2) is 8.62. The molecule has 1 rings (SSSR count). The highest BCUT2D eigenvalue weighted by Crippen LogP contribution is 2.17. The van der Waals surface area contributed by atoms with Crippen LogP contribution in [0, 0.1) is 24.6 Å². The largest absolute Gasteiger partial charge is 0.396 e. The Labute approximate surface area is 125 Å². The molecule has 21 heavy (non-hydrogen) atoms. The first-order valence-corrected chi connectivity index (χ1v) is 7.34. The number of anilines is 1. The number of carbonyl (C=O) groups is 1. The third-order valence-electron chi connectivity index (χ3n) is 3.41. The van der Waals surface area contributed by atoms with Gasteiger partial charge < -0.3 is 15.7 Å². The van der Waals surface area contributed by atoms with E-state index in [0.717, 1.165) is 6.42 Å². The summed E-state index contributed by atoms with van der Waals surface area (Å²) in [6.07, 6.45) is 1.61. The average molecular weight is 296 g/mol. The van der Waals surface area contributed by atoms with E-state index in [1.807, 2.05) is 0 Å². The summed E-state index contributed by atoms with van der Waals surface area (Å²) >= 11 is 0. The van der Waals surface area contributed by atoms with E-state index < -0.39 is 0 Å². The highest BCUT2D eigenvalue weighted by atomic mass is 19.1. The first-order chi connectivity index (χ1) is 9.93. The van der Waals surface area contributed by atoms with Gasteiger partial charge in [0.25, 0.3) is 0 Å². The Morgan fingerprint density at radius 3 is 2.71 bits per heavy atom. The molecular formula is C16H25FN2O2. The van der Waals surface area contributed by atoms with Gasteiger partial charge in [-0.05, 0) is 43.7 Å². The Kier molecular flexibility index (Phi) is 7.15. The number of aliphatic hydroxyl groups is 1. The van der Waals surface area contributed by atoms with E-state index >= 15 is 0 Å². The number of aliphatic hydroxyl groups excluding tert-OH is 1. The monoisotopic (exact) mass is 296 g/mol. The minimum absolute atomic E-state index is 0.115. The van der Waals surface area contributed by atoms with Crippen LogP contribution < -0.4 is 10.6 Å². The van der Waals surface area contributed by atoms with Crippen LogP contribution in [-0.4, -0.2) is 24.3 Å². The molecule has 2 amide bonds. The molecule has 0 heterocycles. The van der Waals surface area contributed by atoms with Crippen LogP contribution in [0.3, 0.4) is 0 Å². The van der Waals surface area contributed by atoms with E-state index in [1.54, 1.807) is 19.1 Å². The third-order valence-corrected chi connectivity index (χ3v) is 3.41. The Balaban J connectivity index is 2.50. The lowest BCUT2D eigenvalue weighted by molar-refractivity contribution is 0.231. The number of nitrogens with one attached hydrogen (secondary N) is 2. The van der Waals surface area contributed by atoms with Crippen molar-refractivity contribution in [2.75, 3.05) is 18.5 Å². The van der Waals surface area contributed by atoms with Crippen molar-refractivity contribution in [3.8, 4) is 0 Å². The van der Waals surface area contributed by atoms with Crippen LogP contribution in [0.5, 0.6) is 0 Å². The molecule has 0 aliphatic carbocycles.